The molecule has 1 atom stereocenters. The minimum atomic E-state index is -0.118. The van der Waals surface area contributed by atoms with Gasteiger partial charge in [-0.25, -0.2) is 4.98 Å². The Morgan fingerprint density at radius 3 is 2.27 bits per heavy atom. The van der Waals surface area contributed by atoms with Crippen molar-refractivity contribution in [1.82, 2.24) is 9.97 Å². The van der Waals surface area contributed by atoms with E-state index in [-0.39, 0.29) is 6.10 Å². The number of para-hydroxylation sites is 1. The highest BCUT2D eigenvalue weighted by atomic mass is 16.5. The molecule has 0 unspecified atom stereocenters. The van der Waals surface area contributed by atoms with Crippen molar-refractivity contribution in [2.24, 2.45) is 0 Å². The number of aryl methyl sites for hydroxylation is 4. The Kier molecular flexibility index (Phi) is 3.65. The van der Waals surface area contributed by atoms with Crippen LogP contribution in [0.15, 0.2) is 30.3 Å². The molecule has 0 aliphatic carbocycles. The van der Waals surface area contributed by atoms with Crippen molar-refractivity contribution in [1.29, 1.82) is 0 Å². The first-order valence-corrected chi connectivity index (χ1v) is 7.65. The van der Waals surface area contributed by atoms with Crippen LogP contribution in [0.4, 0.5) is 0 Å². The monoisotopic (exact) mass is 294 g/mol. The third-order valence-corrected chi connectivity index (χ3v) is 4.20. The van der Waals surface area contributed by atoms with Gasteiger partial charge in [-0.15, -0.1) is 0 Å². The lowest BCUT2D eigenvalue weighted by molar-refractivity contribution is 0.215. The summed E-state index contributed by atoms with van der Waals surface area (Å²) < 4.78 is 6.16. The molecule has 3 aromatic rings. The quantitative estimate of drug-likeness (QED) is 0.743. The number of nitrogens with one attached hydrogen (secondary N) is 1. The number of rotatable bonds is 3. The Morgan fingerprint density at radius 1 is 0.955 bits per heavy atom. The topological polar surface area (TPSA) is 37.9 Å². The SMILES string of the molecule is Cc1cc2nc([C@H](C)Oc3c(C)cccc3C)[nH]c2cc1C. The number of H-pyrrole nitrogens is 1. The third kappa shape index (κ3) is 2.59. The zero-order valence-corrected chi connectivity index (χ0v) is 13.8. The predicted molar refractivity (Wildman–Crippen MR) is 90.5 cm³/mol. The van der Waals surface area contributed by atoms with E-state index in [9.17, 15) is 0 Å². The molecule has 0 aliphatic heterocycles. The molecule has 0 aliphatic rings. The second kappa shape index (κ2) is 5.48. The van der Waals surface area contributed by atoms with E-state index in [1.165, 1.54) is 11.1 Å². The maximum atomic E-state index is 6.16. The molecule has 0 saturated carbocycles. The molecule has 22 heavy (non-hydrogen) atoms. The molecule has 3 heteroatoms. The first-order chi connectivity index (χ1) is 10.5. The van der Waals surface area contributed by atoms with Crippen molar-refractivity contribution in [3.05, 3.63) is 58.4 Å². The van der Waals surface area contributed by atoms with Crippen LogP contribution in [0.3, 0.4) is 0 Å². The van der Waals surface area contributed by atoms with Crippen LogP contribution in [0.1, 0.15) is 41.1 Å². The minimum Gasteiger partial charge on any atom is -0.482 e. The fraction of sp³-hybridized carbons (Fsp3) is 0.316. The Bertz CT molecular complexity index is 774. The summed E-state index contributed by atoms with van der Waals surface area (Å²) in [5, 5.41) is 0. The number of hydrogen-bond donors (Lipinski definition) is 1. The molecule has 1 aromatic heterocycles. The van der Waals surface area contributed by atoms with Gasteiger partial charge in [-0.2, -0.15) is 0 Å². The van der Waals surface area contributed by atoms with E-state index < -0.39 is 0 Å². The van der Waals surface area contributed by atoms with Crippen LogP contribution in [-0.4, -0.2) is 9.97 Å². The van der Waals surface area contributed by atoms with Crippen LogP contribution in [0, 0.1) is 27.7 Å². The molecule has 0 fully saturated rings. The van der Waals surface area contributed by atoms with Gasteiger partial charge in [0.25, 0.3) is 0 Å². The van der Waals surface area contributed by atoms with Gasteiger partial charge >= 0.3 is 0 Å². The first kappa shape index (κ1) is 14.6. The summed E-state index contributed by atoms with van der Waals surface area (Å²) in [6, 6.07) is 10.5. The second-order valence-corrected chi connectivity index (χ2v) is 6.06. The fourth-order valence-electron chi connectivity index (χ4n) is 2.70. The van der Waals surface area contributed by atoms with Crippen molar-refractivity contribution in [2.75, 3.05) is 0 Å². The summed E-state index contributed by atoms with van der Waals surface area (Å²) in [5.74, 6) is 1.81. The molecule has 3 nitrogen and oxygen atoms in total. The zero-order valence-electron chi connectivity index (χ0n) is 13.8. The molecule has 114 valence electrons. The largest absolute Gasteiger partial charge is 0.482 e. The van der Waals surface area contributed by atoms with E-state index in [4.69, 9.17) is 4.74 Å². The fourth-order valence-corrected chi connectivity index (χ4v) is 2.70. The summed E-state index contributed by atoms with van der Waals surface area (Å²) in [4.78, 5) is 8.08. The van der Waals surface area contributed by atoms with E-state index in [0.717, 1.165) is 33.7 Å². The number of fused-ring (bicyclic) bond motifs is 1. The van der Waals surface area contributed by atoms with Gasteiger partial charge < -0.3 is 9.72 Å². The van der Waals surface area contributed by atoms with E-state index in [1.54, 1.807) is 0 Å². The molecule has 2 aromatic carbocycles. The van der Waals surface area contributed by atoms with E-state index in [2.05, 4.69) is 68.0 Å². The number of imidazole rings is 1. The number of hydrogen-bond acceptors (Lipinski definition) is 2. The summed E-state index contributed by atoms with van der Waals surface area (Å²) in [7, 11) is 0. The molecule has 3 rings (SSSR count). The summed E-state index contributed by atoms with van der Waals surface area (Å²) in [6.45, 7) is 10.4. The van der Waals surface area contributed by atoms with Crippen LogP contribution in [0.25, 0.3) is 11.0 Å². The van der Waals surface area contributed by atoms with Crippen LogP contribution in [0.5, 0.6) is 5.75 Å². The van der Waals surface area contributed by atoms with Crippen molar-refractivity contribution < 1.29 is 4.74 Å². The molecular formula is C19H22N2O. The summed E-state index contributed by atoms with van der Waals surface area (Å²) >= 11 is 0. The van der Waals surface area contributed by atoms with Gasteiger partial charge in [0, 0.05) is 0 Å². The van der Waals surface area contributed by atoms with Gasteiger partial charge in [-0.3, -0.25) is 0 Å². The molecule has 0 spiro atoms. The molecular weight excluding hydrogens is 272 g/mol. The lowest BCUT2D eigenvalue weighted by atomic mass is 10.1. The van der Waals surface area contributed by atoms with Gasteiger partial charge in [-0.05, 0) is 69.0 Å². The van der Waals surface area contributed by atoms with Crippen molar-refractivity contribution >= 4 is 11.0 Å². The smallest absolute Gasteiger partial charge is 0.153 e. The molecule has 1 heterocycles. The Labute approximate surface area is 131 Å². The Morgan fingerprint density at radius 2 is 1.59 bits per heavy atom. The standard InChI is InChI=1S/C19H22N2O/c1-11-7-6-8-12(2)18(11)22-15(5)19-20-16-9-13(3)14(4)10-17(16)21-19/h6-10,15H,1-5H3,(H,20,21)/t15-/m0/s1. The summed E-state index contributed by atoms with van der Waals surface area (Å²) in [6.07, 6.45) is -0.118. The maximum absolute atomic E-state index is 6.16. The lowest BCUT2D eigenvalue weighted by Crippen LogP contribution is -2.07. The molecule has 0 bridgehead atoms. The number of aromatic nitrogens is 2. The molecule has 1 N–H and O–H groups in total. The van der Waals surface area contributed by atoms with E-state index in [0.29, 0.717) is 0 Å². The van der Waals surface area contributed by atoms with Crippen molar-refractivity contribution in [3.63, 3.8) is 0 Å². The van der Waals surface area contributed by atoms with Crippen molar-refractivity contribution in [2.45, 2.75) is 40.7 Å². The Hall–Kier alpha value is -2.29. The normalized spacial score (nSPS) is 12.6. The van der Waals surface area contributed by atoms with E-state index in [1.807, 2.05) is 6.92 Å². The predicted octanol–water partition coefficient (Wildman–Crippen LogP) is 4.94. The van der Waals surface area contributed by atoms with Gasteiger partial charge in [0.1, 0.15) is 11.6 Å². The molecule has 0 amide bonds. The average Bonchev–Trinajstić information content (AvgIpc) is 2.86. The number of aromatic amines is 1. The number of nitrogens with zero attached hydrogens (tertiary/aromatic N) is 1. The average molecular weight is 294 g/mol. The van der Waals surface area contributed by atoms with Crippen LogP contribution in [-0.2, 0) is 0 Å². The first-order valence-electron chi connectivity index (χ1n) is 7.65. The lowest BCUT2D eigenvalue weighted by Gasteiger charge is -2.16. The minimum absolute atomic E-state index is 0.118. The van der Waals surface area contributed by atoms with Gasteiger partial charge in [-0.1, -0.05) is 18.2 Å². The highest BCUT2D eigenvalue weighted by Gasteiger charge is 2.15. The highest BCUT2D eigenvalue weighted by molar-refractivity contribution is 5.77. The van der Waals surface area contributed by atoms with Crippen LogP contribution >= 0.6 is 0 Å². The van der Waals surface area contributed by atoms with Gasteiger partial charge in [0.05, 0.1) is 11.0 Å². The van der Waals surface area contributed by atoms with Crippen molar-refractivity contribution in [3.8, 4) is 5.75 Å². The van der Waals surface area contributed by atoms with Crippen LogP contribution in [0.2, 0.25) is 0 Å². The van der Waals surface area contributed by atoms with Gasteiger partial charge in [0.15, 0.2) is 6.10 Å². The van der Waals surface area contributed by atoms with Crippen LogP contribution < -0.4 is 4.74 Å². The van der Waals surface area contributed by atoms with Gasteiger partial charge in [0.2, 0.25) is 0 Å². The third-order valence-electron chi connectivity index (χ3n) is 4.20. The Balaban J connectivity index is 1.94. The van der Waals surface area contributed by atoms with E-state index >= 15 is 0 Å². The maximum Gasteiger partial charge on any atom is 0.153 e. The molecule has 0 saturated heterocycles. The second-order valence-electron chi connectivity index (χ2n) is 6.06. The zero-order chi connectivity index (χ0) is 15.9. The highest BCUT2D eigenvalue weighted by Crippen LogP contribution is 2.28. The summed E-state index contributed by atoms with van der Waals surface area (Å²) in [5.41, 5.74) is 6.88. The number of benzene rings is 2. The number of ether oxygens (including phenoxy) is 1. The molecule has 0 radical (unpaired) electrons.